The number of carbonyl (C=O) groups is 2. The molecule has 0 radical (unpaired) electrons. The summed E-state index contributed by atoms with van der Waals surface area (Å²) >= 11 is 0. The zero-order valence-electron chi connectivity index (χ0n) is 12.8. The first-order valence-corrected chi connectivity index (χ1v) is 7.74. The Bertz CT molecular complexity index is 470. The van der Waals surface area contributed by atoms with E-state index in [1.807, 2.05) is 30.9 Å². The third-order valence-electron chi connectivity index (χ3n) is 3.99. The smallest absolute Gasteiger partial charge is 0.245 e. The second-order valence-electron chi connectivity index (χ2n) is 5.66. The Morgan fingerprint density at radius 3 is 2.95 bits per heavy atom. The molecule has 21 heavy (non-hydrogen) atoms. The number of carbonyl (C=O) groups excluding carboxylic acids is 2. The molecule has 0 saturated carbocycles. The average molecular weight is 292 g/mol. The molecule has 1 aliphatic heterocycles. The number of nitrogens with one attached hydrogen (secondary N) is 1. The summed E-state index contributed by atoms with van der Waals surface area (Å²) < 4.78 is 5.33. The number of nitrogens with zero attached hydrogens (tertiary/aromatic N) is 1. The molecule has 1 N–H and O–H groups in total. The molecule has 5 heteroatoms. The van der Waals surface area contributed by atoms with Gasteiger partial charge in [-0.15, -0.1) is 0 Å². The molecule has 1 saturated heterocycles. The van der Waals surface area contributed by atoms with Crippen LogP contribution in [0.2, 0.25) is 0 Å². The van der Waals surface area contributed by atoms with Crippen molar-refractivity contribution in [1.29, 1.82) is 0 Å². The van der Waals surface area contributed by atoms with Crippen molar-refractivity contribution in [2.45, 2.75) is 58.0 Å². The van der Waals surface area contributed by atoms with Crippen LogP contribution >= 0.6 is 0 Å². The van der Waals surface area contributed by atoms with Crippen molar-refractivity contribution in [3.05, 3.63) is 24.2 Å². The van der Waals surface area contributed by atoms with Crippen molar-refractivity contribution < 1.29 is 14.0 Å². The molecule has 0 aromatic carbocycles. The molecule has 1 aliphatic rings. The summed E-state index contributed by atoms with van der Waals surface area (Å²) in [7, 11) is 0. The van der Waals surface area contributed by atoms with E-state index in [1.165, 1.54) is 0 Å². The Balaban J connectivity index is 1.98. The average Bonchev–Trinajstić information content (AvgIpc) is 2.93. The van der Waals surface area contributed by atoms with Crippen LogP contribution in [0.3, 0.4) is 0 Å². The highest BCUT2D eigenvalue weighted by molar-refractivity contribution is 5.90. The van der Waals surface area contributed by atoms with Gasteiger partial charge in [0.1, 0.15) is 11.8 Å². The second-order valence-corrected chi connectivity index (χ2v) is 5.66. The van der Waals surface area contributed by atoms with Crippen molar-refractivity contribution in [1.82, 2.24) is 10.2 Å². The van der Waals surface area contributed by atoms with Crippen LogP contribution in [0.4, 0.5) is 0 Å². The van der Waals surface area contributed by atoms with Gasteiger partial charge in [-0.1, -0.05) is 13.3 Å². The van der Waals surface area contributed by atoms with Crippen molar-refractivity contribution in [2.75, 3.05) is 6.54 Å². The van der Waals surface area contributed by atoms with Gasteiger partial charge in [0.25, 0.3) is 0 Å². The normalized spacial score (nSPS) is 21.0. The van der Waals surface area contributed by atoms with Crippen molar-refractivity contribution in [3.8, 4) is 0 Å². The molecule has 5 nitrogen and oxygen atoms in total. The molecule has 2 atom stereocenters. The fourth-order valence-corrected chi connectivity index (χ4v) is 2.74. The van der Waals surface area contributed by atoms with Crippen molar-refractivity contribution in [2.24, 2.45) is 0 Å². The summed E-state index contributed by atoms with van der Waals surface area (Å²) in [5, 5.41) is 2.84. The highest BCUT2D eigenvalue weighted by Gasteiger charge is 2.31. The third-order valence-corrected chi connectivity index (χ3v) is 3.99. The Hall–Kier alpha value is -1.78. The predicted molar refractivity (Wildman–Crippen MR) is 79.7 cm³/mol. The van der Waals surface area contributed by atoms with E-state index in [-0.39, 0.29) is 23.9 Å². The third kappa shape index (κ3) is 4.09. The van der Waals surface area contributed by atoms with Crippen LogP contribution in [-0.4, -0.2) is 35.3 Å². The Kier molecular flexibility index (Phi) is 5.42. The summed E-state index contributed by atoms with van der Waals surface area (Å²) in [5.74, 6) is 0.959. The maximum absolute atomic E-state index is 12.6. The van der Waals surface area contributed by atoms with E-state index >= 15 is 0 Å². The van der Waals surface area contributed by atoms with Gasteiger partial charge in [-0.05, 0) is 31.9 Å². The monoisotopic (exact) mass is 292 g/mol. The first kappa shape index (κ1) is 15.6. The first-order chi connectivity index (χ1) is 10.1. The summed E-state index contributed by atoms with van der Waals surface area (Å²) in [4.78, 5) is 26.1. The first-order valence-electron chi connectivity index (χ1n) is 7.74. The fourth-order valence-electron chi connectivity index (χ4n) is 2.74. The highest BCUT2D eigenvalue weighted by atomic mass is 16.3. The molecule has 2 unspecified atom stereocenters. The molecule has 2 amide bonds. The van der Waals surface area contributed by atoms with Gasteiger partial charge >= 0.3 is 0 Å². The number of rotatable bonds is 6. The van der Waals surface area contributed by atoms with Gasteiger partial charge < -0.3 is 14.6 Å². The molecule has 0 aliphatic carbocycles. The number of furan rings is 1. The quantitative estimate of drug-likeness (QED) is 0.873. The van der Waals surface area contributed by atoms with Gasteiger partial charge in [0.05, 0.1) is 6.26 Å². The molecule has 1 fully saturated rings. The molecule has 2 rings (SSSR count). The summed E-state index contributed by atoms with van der Waals surface area (Å²) in [6.07, 6.45) is 5.27. The maximum Gasteiger partial charge on any atom is 0.245 e. The minimum atomic E-state index is -0.365. The van der Waals surface area contributed by atoms with Crippen LogP contribution < -0.4 is 5.32 Å². The standard InChI is InChI=1S/C16H24N2O3/c1-3-5-14-16(20)18(10-9-15(19)17-14)12(2)7-8-13-6-4-11-21-13/h4,6,11-12,14H,3,5,7-10H2,1-2H3,(H,17,19). The molecule has 116 valence electrons. The predicted octanol–water partition coefficient (Wildman–Crippen LogP) is 2.12. The Labute approximate surface area is 125 Å². The van der Waals surface area contributed by atoms with E-state index in [9.17, 15) is 9.59 Å². The van der Waals surface area contributed by atoms with E-state index in [4.69, 9.17) is 4.42 Å². The summed E-state index contributed by atoms with van der Waals surface area (Å²) in [6, 6.07) is 3.56. The topological polar surface area (TPSA) is 62.6 Å². The molecule has 2 heterocycles. The Morgan fingerprint density at radius 1 is 1.48 bits per heavy atom. The van der Waals surface area contributed by atoms with Crippen LogP contribution in [0.1, 0.15) is 45.3 Å². The zero-order chi connectivity index (χ0) is 15.2. The van der Waals surface area contributed by atoms with Crippen LogP contribution in [0.15, 0.2) is 22.8 Å². The SMILES string of the molecule is CCCC1NC(=O)CCN(C(C)CCc2ccco2)C1=O. The molecular weight excluding hydrogens is 268 g/mol. The summed E-state index contributed by atoms with van der Waals surface area (Å²) in [6.45, 7) is 4.57. The van der Waals surface area contributed by atoms with Gasteiger partial charge in [-0.25, -0.2) is 0 Å². The van der Waals surface area contributed by atoms with Crippen molar-refractivity contribution in [3.63, 3.8) is 0 Å². The fraction of sp³-hybridized carbons (Fsp3) is 0.625. The Morgan fingerprint density at radius 2 is 2.29 bits per heavy atom. The lowest BCUT2D eigenvalue weighted by Gasteiger charge is -2.29. The van der Waals surface area contributed by atoms with E-state index < -0.39 is 0 Å². The largest absolute Gasteiger partial charge is 0.469 e. The lowest BCUT2D eigenvalue weighted by atomic mass is 10.1. The maximum atomic E-state index is 12.6. The lowest BCUT2D eigenvalue weighted by molar-refractivity contribution is -0.135. The lowest BCUT2D eigenvalue weighted by Crippen LogP contribution is -2.47. The summed E-state index contributed by atoms with van der Waals surface area (Å²) in [5.41, 5.74) is 0. The number of hydrogen-bond acceptors (Lipinski definition) is 3. The van der Waals surface area contributed by atoms with Crippen LogP contribution in [-0.2, 0) is 16.0 Å². The minimum Gasteiger partial charge on any atom is -0.469 e. The van der Waals surface area contributed by atoms with Crippen LogP contribution in [0.5, 0.6) is 0 Å². The number of aryl methyl sites for hydroxylation is 1. The second kappa shape index (κ2) is 7.29. The van der Waals surface area contributed by atoms with Gasteiger partial charge in [-0.2, -0.15) is 0 Å². The molecule has 1 aromatic rings. The van der Waals surface area contributed by atoms with E-state index in [2.05, 4.69) is 5.32 Å². The zero-order valence-corrected chi connectivity index (χ0v) is 12.8. The van der Waals surface area contributed by atoms with Gasteiger partial charge in [0, 0.05) is 25.4 Å². The molecule has 0 spiro atoms. The van der Waals surface area contributed by atoms with Gasteiger partial charge in [0.15, 0.2) is 0 Å². The van der Waals surface area contributed by atoms with E-state index in [0.717, 1.165) is 25.0 Å². The number of amides is 2. The van der Waals surface area contributed by atoms with Gasteiger partial charge in [0.2, 0.25) is 11.8 Å². The number of hydrogen-bond donors (Lipinski definition) is 1. The van der Waals surface area contributed by atoms with E-state index in [0.29, 0.717) is 19.4 Å². The molecule has 0 bridgehead atoms. The van der Waals surface area contributed by atoms with Crippen molar-refractivity contribution >= 4 is 11.8 Å². The van der Waals surface area contributed by atoms with Gasteiger partial charge in [-0.3, -0.25) is 9.59 Å². The molecular formula is C16H24N2O3. The van der Waals surface area contributed by atoms with E-state index in [1.54, 1.807) is 6.26 Å². The van der Waals surface area contributed by atoms with Crippen LogP contribution in [0.25, 0.3) is 0 Å². The minimum absolute atomic E-state index is 0.0254. The van der Waals surface area contributed by atoms with Crippen LogP contribution in [0, 0.1) is 0 Å². The molecule has 1 aromatic heterocycles. The highest BCUT2D eigenvalue weighted by Crippen LogP contribution is 2.16.